The molecule has 7 nitrogen and oxygen atoms in total. The summed E-state index contributed by atoms with van der Waals surface area (Å²) in [6, 6.07) is 6.54. The number of aromatic nitrogens is 3. The highest BCUT2D eigenvalue weighted by Gasteiger charge is 2.36. The van der Waals surface area contributed by atoms with Crippen LogP contribution in [0.15, 0.2) is 48.9 Å². The van der Waals surface area contributed by atoms with Gasteiger partial charge in [-0.25, -0.2) is 0 Å². The summed E-state index contributed by atoms with van der Waals surface area (Å²) in [6.07, 6.45) is -0.148. The SMILES string of the molecule is Cc1cc(N2C[C@H](C)n3ncc(NC(=O)c4cccnc4)c3C2=O)ccc1C(F)(F)F. The van der Waals surface area contributed by atoms with Crippen molar-refractivity contribution in [2.45, 2.75) is 26.1 Å². The van der Waals surface area contributed by atoms with Crippen molar-refractivity contribution in [3.05, 3.63) is 71.3 Å². The number of rotatable bonds is 3. The number of nitrogens with zero attached hydrogens (tertiary/aromatic N) is 4. The highest BCUT2D eigenvalue weighted by Crippen LogP contribution is 2.35. The zero-order chi connectivity index (χ0) is 22.3. The smallest absolute Gasteiger partial charge is 0.319 e. The standard InChI is InChI=1S/C21H18F3N5O2/c1-12-8-15(5-6-16(12)21(22,23)24)28-11-13(2)29-18(20(28)31)17(10-26-29)27-19(30)14-4-3-7-25-9-14/h3-10,13H,11H2,1-2H3,(H,27,30)/t13-/m0/s1. The molecule has 1 aliphatic rings. The first kappa shape index (κ1) is 20.6. The molecule has 2 amide bonds. The number of halogens is 3. The van der Waals surface area contributed by atoms with Crippen LogP contribution < -0.4 is 10.2 Å². The molecule has 1 N–H and O–H groups in total. The van der Waals surface area contributed by atoms with Crippen LogP contribution in [0.3, 0.4) is 0 Å². The second-order valence-electron chi connectivity index (χ2n) is 7.31. The van der Waals surface area contributed by atoms with Gasteiger partial charge in [0, 0.05) is 24.6 Å². The number of amides is 2. The second-order valence-corrected chi connectivity index (χ2v) is 7.31. The van der Waals surface area contributed by atoms with Gasteiger partial charge < -0.3 is 10.2 Å². The highest BCUT2D eigenvalue weighted by molar-refractivity contribution is 6.13. The first-order chi connectivity index (χ1) is 14.7. The Hall–Kier alpha value is -3.69. The van der Waals surface area contributed by atoms with E-state index in [0.717, 1.165) is 6.07 Å². The Kier molecular flexibility index (Phi) is 5.00. The van der Waals surface area contributed by atoms with E-state index in [0.29, 0.717) is 11.3 Å². The lowest BCUT2D eigenvalue weighted by molar-refractivity contribution is -0.138. The van der Waals surface area contributed by atoms with Crippen molar-refractivity contribution in [1.29, 1.82) is 0 Å². The van der Waals surface area contributed by atoms with Gasteiger partial charge >= 0.3 is 6.18 Å². The molecular formula is C21H18F3N5O2. The van der Waals surface area contributed by atoms with Crippen LogP contribution in [0.25, 0.3) is 0 Å². The minimum Gasteiger partial charge on any atom is -0.319 e. The number of alkyl halides is 3. The van der Waals surface area contributed by atoms with Crippen LogP contribution in [0.2, 0.25) is 0 Å². The number of hydrogen-bond donors (Lipinski definition) is 1. The lowest BCUT2D eigenvalue weighted by Gasteiger charge is -2.32. The Morgan fingerprint density at radius 1 is 1.23 bits per heavy atom. The van der Waals surface area contributed by atoms with Crippen LogP contribution >= 0.6 is 0 Å². The van der Waals surface area contributed by atoms with Crippen LogP contribution in [-0.4, -0.2) is 33.1 Å². The average molecular weight is 429 g/mol. The van der Waals surface area contributed by atoms with Crippen molar-refractivity contribution in [3.63, 3.8) is 0 Å². The van der Waals surface area contributed by atoms with E-state index in [1.165, 1.54) is 47.2 Å². The molecule has 160 valence electrons. The predicted octanol–water partition coefficient (Wildman–Crippen LogP) is 4.08. The molecule has 0 spiro atoms. The number of pyridine rings is 1. The van der Waals surface area contributed by atoms with Crippen LogP contribution in [0, 0.1) is 6.92 Å². The van der Waals surface area contributed by atoms with Gasteiger partial charge in [-0.3, -0.25) is 19.3 Å². The maximum absolute atomic E-state index is 13.2. The quantitative estimate of drug-likeness (QED) is 0.681. The van der Waals surface area contributed by atoms with Gasteiger partial charge in [0.05, 0.1) is 29.1 Å². The molecule has 1 atom stereocenters. The normalized spacial score (nSPS) is 16.2. The van der Waals surface area contributed by atoms with Crippen LogP contribution in [0.4, 0.5) is 24.5 Å². The summed E-state index contributed by atoms with van der Waals surface area (Å²) in [5.74, 6) is -0.914. The number of carbonyl (C=O) groups is 2. The van der Waals surface area contributed by atoms with Gasteiger partial charge in [-0.1, -0.05) is 0 Å². The minimum absolute atomic E-state index is 0.0228. The second kappa shape index (κ2) is 7.53. The molecule has 0 bridgehead atoms. The van der Waals surface area contributed by atoms with Crippen LogP contribution in [-0.2, 0) is 6.18 Å². The molecule has 0 aliphatic carbocycles. The molecule has 0 saturated carbocycles. The van der Waals surface area contributed by atoms with Crippen LogP contribution in [0.5, 0.6) is 0 Å². The summed E-state index contributed by atoms with van der Waals surface area (Å²) < 4.78 is 40.8. The number of anilines is 2. The van der Waals surface area contributed by atoms with Crippen molar-refractivity contribution >= 4 is 23.2 Å². The van der Waals surface area contributed by atoms with E-state index in [1.807, 2.05) is 6.92 Å². The maximum Gasteiger partial charge on any atom is 0.416 e. The fourth-order valence-corrected chi connectivity index (χ4v) is 3.60. The van der Waals surface area contributed by atoms with Gasteiger partial charge in [-0.05, 0) is 49.7 Å². The van der Waals surface area contributed by atoms with E-state index >= 15 is 0 Å². The molecule has 31 heavy (non-hydrogen) atoms. The zero-order valence-electron chi connectivity index (χ0n) is 16.6. The molecule has 10 heteroatoms. The number of fused-ring (bicyclic) bond motifs is 1. The molecule has 3 heterocycles. The molecule has 0 radical (unpaired) electrons. The topological polar surface area (TPSA) is 80.1 Å². The summed E-state index contributed by atoms with van der Waals surface area (Å²) in [5, 5.41) is 6.89. The monoisotopic (exact) mass is 429 g/mol. The molecule has 0 unspecified atom stereocenters. The van der Waals surface area contributed by atoms with E-state index in [9.17, 15) is 22.8 Å². The van der Waals surface area contributed by atoms with Gasteiger partial charge in [0.15, 0.2) is 5.69 Å². The van der Waals surface area contributed by atoms with Crippen molar-refractivity contribution in [2.75, 3.05) is 16.8 Å². The average Bonchev–Trinajstić information content (AvgIpc) is 3.15. The largest absolute Gasteiger partial charge is 0.416 e. The lowest BCUT2D eigenvalue weighted by Crippen LogP contribution is -2.43. The third kappa shape index (κ3) is 3.76. The lowest BCUT2D eigenvalue weighted by atomic mass is 10.1. The van der Waals surface area contributed by atoms with Gasteiger partial charge in [0.2, 0.25) is 0 Å². The Morgan fingerprint density at radius 2 is 2.00 bits per heavy atom. The van der Waals surface area contributed by atoms with Gasteiger partial charge in [0.1, 0.15) is 0 Å². The van der Waals surface area contributed by atoms with Crippen molar-refractivity contribution in [3.8, 4) is 0 Å². The fourth-order valence-electron chi connectivity index (χ4n) is 3.60. The Labute approximate surface area is 175 Å². The molecule has 4 rings (SSSR count). The summed E-state index contributed by atoms with van der Waals surface area (Å²) in [4.78, 5) is 31.0. The third-order valence-electron chi connectivity index (χ3n) is 5.11. The van der Waals surface area contributed by atoms with Crippen molar-refractivity contribution in [1.82, 2.24) is 14.8 Å². The molecule has 0 saturated heterocycles. The van der Waals surface area contributed by atoms with Crippen molar-refractivity contribution < 1.29 is 22.8 Å². The molecular weight excluding hydrogens is 411 g/mol. The van der Waals surface area contributed by atoms with Gasteiger partial charge in [0.25, 0.3) is 11.8 Å². The minimum atomic E-state index is -4.47. The number of benzene rings is 1. The van der Waals surface area contributed by atoms with Gasteiger partial charge in [-0.2, -0.15) is 18.3 Å². The highest BCUT2D eigenvalue weighted by atomic mass is 19.4. The molecule has 1 aliphatic heterocycles. The van der Waals surface area contributed by atoms with E-state index in [1.54, 1.807) is 12.1 Å². The van der Waals surface area contributed by atoms with Gasteiger partial charge in [-0.15, -0.1) is 0 Å². The first-order valence-electron chi connectivity index (χ1n) is 9.45. The number of hydrogen-bond acceptors (Lipinski definition) is 4. The maximum atomic E-state index is 13.2. The molecule has 2 aromatic heterocycles. The summed E-state index contributed by atoms with van der Waals surface area (Å²) in [6.45, 7) is 3.42. The first-order valence-corrected chi connectivity index (χ1v) is 9.45. The predicted molar refractivity (Wildman–Crippen MR) is 107 cm³/mol. The van der Waals surface area contributed by atoms with E-state index in [-0.39, 0.29) is 29.5 Å². The summed E-state index contributed by atoms with van der Waals surface area (Å²) >= 11 is 0. The number of nitrogens with one attached hydrogen (secondary N) is 1. The summed E-state index contributed by atoms with van der Waals surface area (Å²) in [7, 11) is 0. The van der Waals surface area contributed by atoms with E-state index in [2.05, 4.69) is 15.4 Å². The number of aryl methyl sites for hydroxylation is 1. The fraction of sp³-hybridized carbons (Fsp3) is 0.238. The summed E-state index contributed by atoms with van der Waals surface area (Å²) in [5.41, 5.74) is 0.318. The van der Waals surface area contributed by atoms with Crippen LogP contribution in [0.1, 0.15) is 44.9 Å². The van der Waals surface area contributed by atoms with E-state index < -0.39 is 23.6 Å². The third-order valence-corrected chi connectivity index (χ3v) is 5.11. The Bertz CT molecular complexity index is 1160. The molecule has 0 fully saturated rings. The Morgan fingerprint density at radius 3 is 2.65 bits per heavy atom. The Balaban J connectivity index is 1.66. The van der Waals surface area contributed by atoms with Crippen molar-refractivity contribution in [2.24, 2.45) is 0 Å². The van der Waals surface area contributed by atoms with E-state index in [4.69, 9.17) is 0 Å². The molecule has 3 aromatic rings. The zero-order valence-corrected chi connectivity index (χ0v) is 16.6. The number of carbonyl (C=O) groups excluding carboxylic acids is 2. The molecule has 1 aromatic carbocycles.